The van der Waals surface area contributed by atoms with E-state index >= 15 is 0 Å². The highest BCUT2D eigenvalue weighted by molar-refractivity contribution is 14.1. The maximum absolute atomic E-state index is 6.24. The summed E-state index contributed by atoms with van der Waals surface area (Å²) >= 11 is 14.5. The average Bonchev–Trinajstić information content (AvgIpc) is 2.68. The summed E-state index contributed by atoms with van der Waals surface area (Å²) in [6, 6.07) is 19.4. The summed E-state index contributed by atoms with van der Waals surface area (Å²) in [5, 5.41) is 4.81. The molecule has 1 N–H and O–H groups in total. The van der Waals surface area contributed by atoms with Gasteiger partial charge >= 0.3 is 0 Å². The van der Waals surface area contributed by atoms with Crippen molar-refractivity contribution in [2.24, 2.45) is 0 Å². The molecule has 0 unspecified atom stereocenters. The van der Waals surface area contributed by atoms with Gasteiger partial charge in [0.05, 0.1) is 10.2 Å². The van der Waals surface area contributed by atoms with Gasteiger partial charge in [0.15, 0.2) is 11.5 Å². The number of hydrogen-bond donors (Lipinski definition) is 1. The minimum Gasteiger partial charge on any atom is -0.490 e. The predicted molar refractivity (Wildman–Crippen MR) is 125 cm³/mol. The van der Waals surface area contributed by atoms with Crippen LogP contribution in [0.15, 0.2) is 60.7 Å². The summed E-state index contributed by atoms with van der Waals surface area (Å²) in [7, 11) is 0. The second-order valence-corrected chi connectivity index (χ2v) is 8.08. The first kappa shape index (κ1) is 21.1. The number of benzene rings is 3. The van der Waals surface area contributed by atoms with E-state index in [-0.39, 0.29) is 0 Å². The zero-order valence-corrected chi connectivity index (χ0v) is 19.0. The minimum absolute atomic E-state index is 0.387. The summed E-state index contributed by atoms with van der Waals surface area (Å²) < 4.78 is 12.9. The molecular weight excluding hydrogens is 508 g/mol. The third kappa shape index (κ3) is 5.69. The van der Waals surface area contributed by atoms with Crippen LogP contribution in [0.1, 0.15) is 18.1 Å². The smallest absolute Gasteiger partial charge is 0.174 e. The fourth-order valence-electron chi connectivity index (χ4n) is 2.66. The number of ether oxygens (including phenoxy) is 2. The van der Waals surface area contributed by atoms with E-state index in [1.807, 2.05) is 61.5 Å². The van der Waals surface area contributed by atoms with Crippen LogP contribution < -0.4 is 14.8 Å². The van der Waals surface area contributed by atoms with Gasteiger partial charge in [-0.15, -0.1) is 0 Å². The topological polar surface area (TPSA) is 30.5 Å². The highest BCUT2D eigenvalue weighted by atomic mass is 127. The molecular formula is C22H20Cl2INO2. The van der Waals surface area contributed by atoms with E-state index in [1.54, 1.807) is 0 Å². The number of hydrogen-bond acceptors (Lipinski definition) is 3. The van der Waals surface area contributed by atoms with E-state index in [1.165, 1.54) is 0 Å². The van der Waals surface area contributed by atoms with E-state index in [2.05, 4.69) is 34.0 Å². The van der Waals surface area contributed by atoms with Crippen molar-refractivity contribution in [3.05, 3.63) is 85.4 Å². The fourth-order valence-corrected chi connectivity index (χ4v) is 3.80. The van der Waals surface area contributed by atoms with Crippen molar-refractivity contribution in [2.75, 3.05) is 11.9 Å². The predicted octanol–water partition coefficient (Wildman–Crippen LogP) is 7.19. The molecule has 0 saturated carbocycles. The molecule has 0 saturated heterocycles. The molecule has 3 aromatic carbocycles. The van der Waals surface area contributed by atoms with Crippen molar-refractivity contribution >= 4 is 51.5 Å². The average molecular weight is 528 g/mol. The van der Waals surface area contributed by atoms with Crippen molar-refractivity contribution in [1.29, 1.82) is 0 Å². The molecule has 0 aliphatic heterocycles. The molecule has 0 aromatic heterocycles. The summed E-state index contributed by atoms with van der Waals surface area (Å²) in [4.78, 5) is 0. The zero-order chi connectivity index (χ0) is 19.9. The van der Waals surface area contributed by atoms with Crippen LogP contribution in [-0.2, 0) is 13.2 Å². The van der Waals surface area contributed by atoms with Crippen LogP contribution in [0.25, 0.3) is 0 Å². The molecule has 0 heterocycles. The van der Waals surface area contributed by atoms with Gasteiger partial charge in [0.1, 0.15) is 6.61 Å². The van der Waals surface area contributed by atoms with Crippen molar-refractivity contribution in [1.82, 2.24) is 0 Å². The van der Waals surface area contributed by atoms with Gasteiger partial charge in [-0.2, -0.15) is 0 Å². The molecule has 28 heavy (non-hydrogen) atoms. The monoisotopic (exact) mass is 527 g/mol. The van der Waals surface area contributed by atoms with E-state index < -0.39 is 0 Å². The minimum atomic E-state index is 0.387. The second-order valence-electron chi connectivity index (χ2n) is 6.08. The van der Waals surface area contributed by atoms with Crippen molar-refractivity contribution in [2.45, 2.75) is 20.1 Å². The molecule has 6 heteroatoms. The Morgan fingerprint density at radius 1 is 0.964 bits per heavy atom. The number of rotatable bonds is 8. The Labute approximate surface area is 189 Å². The molecule has 146 valence electrons. The number of halogens is 3. The lowest BCUT2D eigenvalue weighted by atomic mass is 10.2. The number of nitrogens with one attached hydrogen (secondary N) is 1. The largest absolute Gasteiger partial charge is 0.490 e. The third-order valence-corrected chi connectivity index (χ3v) is 5.46. The summed E-state index contributed by atoms with van der Waals surface area (Å²) in [5.41, 5.74) is 3.06. The quantitative estimate of drug-likeness (QED) is 0.314. The lowest BCUT2D eigenvalue weighted by molar-refractivity contribution is 0.267. The van der Waals surface area contributed by atoms with Crippen LogP contribution in [-0.4, -0.2) is 6.61 Å². The number of anilines is 1. The second kappa shape index (κ2) is 10.2. The highest BCUT2D eigenvalue weighted by Crippen LogP contribution is 2.35. The Morgan fingerprint density at radius 3 is 2.43 bits per heavy atom. The maximum Gasteiger partial charge on any atom is 0.174 e. The van der Waals surface area contributed by atoms with Crippen LogP contribution >= 0.6 is 45.8 Å². The summed E-state index contributed by atoms with van der Waals surface area (Å²) in [5.74, 6) is 1.46. The zero-order valence-electron chi connectivity index (χ0n) is 15.3. The molecule has 0 amide bonds. The van der Waals surface area contributed by atoms with Gasteiger partial charge in [-0.25, -0.2) is 0 Å². The van der Waals surface area contributed by atoms with E-state index in [4.69, 9.17) is 32.7 Å². The molecule has 3 rings (SSSR count). The maximum atomic E-state index is 6.24. The van der Waals surface area contributed by atoms with Gasteiger partial charge in [-0.3, -0.25) is 0 Å². The van der Waals surface area contributed by atoms with Crippen molar-refractivity contribution in [3.63, 3.8) is 0 Å². The standard InChI is InChI=1S/C22H20Cl2INO2/c1-2-27-21-12-15(13-26-18-9-7-17(23)8-10-18)11-20(25)22(21)28-14-16-5-3-4-6-19(16)24/h3-12,26H,2,13-14H2,1H3. The first-order valence-electron chi connectivity index (χ1n) is 8.87. The Bertz CT molecular complexity index is 932. The van der Waals surface area contributed by atoms with Gasteiger partial charge in [-0.05, 0) is 77.5 Å². The highest BCUT2D eigenvalue weighted by Gasteiger charge is 2.13. The van der Waals surface area contributed by atoms with Gasteiger partial charge in [0.2, 0.25) is 0 Å². The Kier molecular flexibility index (Phi) is 7.71. The van der Waals surface area contributed by atoms with Gasteiger partial charge < -0.3 is 14.8 Å². The first-order chi connectivity index (χ1) is 13.6. The summed E-state index contributed by atoms with van der Waals surface area (Å²) in [6.45, 7) is 3.58. The molecule has 0 bridgehead atoms. The van der Waals surface area contributed by atoms with Gasteiger partial charge in [-0.1, -0.05) is 41.4 Å². The Hall–Kier alpha value is -1.63. The molecule has 3 aromatic rings. The molecule has 3 nitrogen and oxygen atoms in total. The third-order valence-electron chi connectivity index (χ3n) is 4.04. The van der Waals surface area contributed by atoms with Crippen LogP contribution in [0.3, 0.4) is 0 Å². The molecule has 0 aliphatic carbocycles. The van der Waals surface area contributed by atoms with E-state index in [0.717, 1.165) is 36.9 Å². The molecule has 0 aliphatic rings. The normalized spacial score (nSPS) is 10.6. The van der Waals surface area contributed by atoms with Crippen molar-refractivity contribution < 1.29 is 9.47 Å². The summed E-state index contributed by atoms with van der Waals surface area (Å²) in [6.07, 6.45) is 0. The first-order valence-corrected chi connectivity index (χ1v) is 10.7. The van der Waals surface area contributed by atoms with Crippen molar-refractivity contribution in [3.8, 4) is 11.5 Å². The van der Waals surface area contributed by atoms with Crippen LogP contribution in [0.5, 0.6) is 11.5 Å². The lowest BCUT2D eigenvalue weighted by Gasteiger charge is -2.16. The van der Waals surface area contributed by atoms with Gasteiger partial charge in [0, 0.05) is 27.8 Å². The van der Waals surface area contributed by atoms with Crippen LogP contribution in [0.4, 0.5) is 5.69 Å². The SMILES string of the molecule is CCOc1cc(CNc2ccc(Cl)cc2)cc(I)c1OCc1ccccc1Cl. The lowest BCUT2D eigenvalue weighted by Crippen LogP contribution is -2.05. The Balaban J connectivity index is 1.75. The van der Waals surface area contributed by atoms with Crippen LogP contribution in [0.2, 0.25) is 10.0 Å². The van der Waals surface area contributed by atoms with E-state index in [0.29, 0.717) is 24.8 Å². The Morgan fingerprint density at radius 2 is 1.71 bits per heavy atom. The molecule has 0 radical (unpaired) electrons. The molecule has 0 fully saturated rings. The fraction of sp³-hybridized carbons (Fsp3) is 0.182. The van der Waals surface area contributed by atoms with Crippen LogP contribution in [0, 0.1) is 3.57 Å². The molecule has 0 spiro atoms. The molecule has 0 atom stereocenters. The van der Waals surface area contributed by atoms with E-state index in [9.17, 15) is 0 Å². The van der Waals surface area contributed by atoms with Gasteiger partial charge in [0.25, 0.3) is 0 Å².